The van der Waals surface area contributed by atoms with Crippen molar-refractivity contribution in [3.63, 3.8) is 0 Å². The largest absolute Gasteiger partial charge is 0.480 e. The molecule has 13 heteroatoms. The van der Waals surface area contributed by atoms with E-state index in [0.29, 0.717) is 5.82 Å². The van der Waals surface area contributed by atoms with Crippen molar-refractivity contribution in [1.82, 2.24) is 20.2 Å². The Morgan fingerprint density at radius 3 is 2.58 bits per heavy atom. The van der Waals surface area contributed by atoms with E-state index in [1.165, 1.54) is 4.57 Å². The molecule has 2 atom stereocenters. The molecular weight excluding hydrogens is 352 g/mol. The van der Waals surface area contributed by atoms with Crippen LogP contribution in [0.25, 0.3) is 0 Å². The molecule has 0 saturated carbocycles. The van der Waals surface area contributed by atoms with Crippen molar-refractivity contribution in [3.05, 3.63) is 22.1 Å². The number of aliphatic hydroxyl groups excluding tert-OH is 1. The number of nitrogens with two attached hydrogens (primary N) is 1. The number of aliphatic hydroxyl groups is 1. The molecule has 0 aliphatic heterocycles. The highest BCUT2D eigenvalue weighted by Gasteiger charge is 2.26. The van der Waals surface area contributed by atoms with Gasteiger partial charge in [0, 0.05) is 13.5 Å². The molecule has 1 aromatic rings. The second-order valence-corrected chi connectivity index (χ2v) is 5.33. The molecule has 2 unspecified atom stereocenters. The fraction of sp³-hybridized carbons (Fsp3) is 0.538. The van der Waals surface area contributed by atoms with Crippen LogP contribution in [0.1, 0.15) is 12.2 Å². The first-order valence-electron chi connectivity index (χ1n) is 7.49. The number of carbonyl (C=O) groups is 3. The molecule has 6 N–H and O–H groups in total. The Balaban J connectivity index is 2.65. The number of imidazole rings is 1. The molecule has 2 amide bonds. The van der Waals surface area contributed by atoms with Gasteiger partial charge in [0.25, 0.3) is 0 Å². The number of aromatic nitrogens is 2. The summed E-state index contributed by atoms with van der Waals surface area (Å²) in [7, 11) is 0. The number of carboxylic acid groups (broad SMARTS) is 1. The number of primary amides is 1. The van der Waals surface area contributed by atoms with Gasteiger partial charge in [-0.15, -0.1) is 0 Å². The number of rotatable bonds is 11. The minimum absolute atomic E-state index is 0.0598. The van der Waals surface area contributed by atoms with Gasteiger partial charge >= 0.3 is 11.8 Å². The van der Waals surface area contributed by atoms with E-state index >= 15 is 0 Å². The minimum Gasteiger partial charge on any atom is -0.480 e. The lowest BCUT2D eigenvalue weighted by molar-refractivity contribution is -0.392. The van der Waals surface area contributed by atoms with Crippen molar-refractivity contribution in [3.8, 4) is 0 Å². The average Bonchev–Trinajstić information content (AvgIpc) is 2.91. The number of hydrogen-bond donors (Lipinski definition) is 5. The molecule has 0 saturated heterocycles. The molecule has 0 radical (unpaired) electrons. The van der Waals surface area contributed by atoms with Crippen LogP contribution in [0.15, 0.2) is 6.20 Å². The fourth-order valence-electron chi connectivity index (χ4n) is 2.14. The van der Waals surface area contributed by atoms with Crippen LogP contribution < -0.4 is 16.4 Å². The summed E-state index contributed by atoms with van der Waals surface area (Å²) in [6, 6.07) is -2.69. The average molecular weight is 372 g/mol. The lowest BCUT2D eigenvalue weighted by atomic mass is 10.2. The van der Waals surface area contributed by atoms with Gasteiger partial charge in [0.05, 0.1) is 13.0 Å². The molecular formula is C13H20N6O7. The van der Waals surface area contributed by atoms with Gasteiger partial charge in [-0.3, -0.25) is 9.59 Å². The lowest BCUT2D eigenvalue weighted by Gasteiger charge is -2.19. The normalized spacial score (nSPS) is 13.0. The topological polar surface area (TPSA) is 203 Å². The Hall–Kier alpha value is -3.06. The second-order valence-electron chi connectivity index (χ2n) is 5.33. The number of carboxylic acids is 1. The number of carbonyl (C=O) groups excluding carboxylic acids is 2. The summed E-state index contributed by atoms with van der Waals surface area (Å²) in [5.41, 5.74) is 4.92. The molecule has 144 valence electrons. The van der Waals surface area contributed by atoms with Crippen molar-refractivity contribution < 1.29 is 29.5 Å². The van der Waals surface area contributed by atoms with E-state index < -0.39 is 47.8 Å². The van der Waals surface area contributed by atoms with Gasteiger partial charge in [-0.05, 0) is 4.92 Å². The molecule has 0 aromatic carbocycles. The standard InChI is InChI=1S/C13H20N6O7/c1-7-16-5-11(19(25)26)18(7)3-2-15-9(6-20)12(22)17-8(13(23)24)4-10(14)21/h5,8-9,15,20H,2-4,6H2,1H3,(H2,14,21)(H,17,22)(H,23,24). The predicted molar refractivity (Wildman–Crippen MR) is 85.9 cm³/mol. The smallest absolute Gasteiger partial charge is 0.342 e. The van der Waals surface area contributed by atoms with Crippen LogP contribution in [0.4, 0.5) is 5.82 Å². The molecule has 1 heterocycles. The number of hydrogen-bond acceptors (Lipinski definition) is 8. The summed E-state index contributed by atoms with van der Waals surface area (Å²) in [4.78, 5) is 48.0. The summed E-state index contributed by atoms with van der Waals surface area (Å²) in [6.45, 7) is 1.07. The summed E-state index contributed by atoms with van der Waals surface area (Å²) in [6.07, 6.45) is 0.506. The maximum atomic E-state index is 12.0. The summed E-state index contributed by atoms with van der Waals surface area (Å²) < 4.78 is 1.31. The number of nitro groups is 1. The van der Waals surface area contributed by atoms with E-state index in [9.17, 15) is 29.6 Å². The van der Waals surface area contributed by atoms with Crippen LogP contribution in [0.2, 0.25) is 0 Å². The quantitative estimate of drug-likeness (QED) is 0.205. The van der Waals surface area contributed by atoms with Crippen molar-refractivity contribution in [1.29, 1.82) is 0 Å². The van der Waals surface area contributed by atoms with Gasteiger partial charge < -0.3 is 36.7 Å². The SMILES string of the molecule is Cc1ncc([N+](=O)[O-])n1CCNC(CO)C(=O)NC(CC(N)=O)C(=O)O. The second kappa shape index (κ2) is 9.43. The van der Waals surface area contributed by atoms with Gasteiger partial charge in [-0.25, -0.2) is 14.3 Å². The number of nitrogens with zero attached hydrogens (tertiary/aromatic N) is 3. The maximum absolute atomic E-state index is 12.0. The zero-order chi connectivity index (χ0) is 19.9. The summed E-state index contributed by atoms with van der Waals surface area (Å²) in [5, 5.41) is 33.9. The number of aliphatic carboxylic acids is 1. The van der Waals surface area contributed by atoms with E-state index in [1.54, 1.807) is 6.92 Å². The highest BCUT2D eigenvalue weighted by molar-refractivity contribution is 5.90. The van der Waals surface area contributed by atoms with Crippen LogP contribution in [0.5, 0.6) is 0 Å². The Morgan fingerprint density at radius 1 is 1.42 bits per heavy atom. The highest BCUT2D eigenvalue weighted by Crippen LogP contribution is 2.12. The molecule has 1 rings (SSSR count). The Bertz CT molecular complexity index is 689. The zero-order valence-corrected chi connectivity index (χ0v) is 13.9. The Morgan fingerprint density at radius 2 is 2.08 bits per heavy atom. The third-order valence-electron chi connectivity index (χ3n) is 3.47. The van der Waals surface area contributed by atoms with Gasteiger partial charge in [0.15, 0.2) is 5.82 Å². The van der Waals surface area contributed by atoms with E-state index in [1.807, 2.05) is 0 Å². The van der Waals surface area contributed by atoms with Crippen molar-refractivity contribution in [2.24, 2.45) is 5.73 Å². The lowest BCUT2D eigenvalue weighted by Crippen LogP contribution is -2.53. The van der Waals surface area contributed by atoms with Crippen LogP contribution in [-0.4, -0.2) is 67.7 Å². The monoisotopic (exact) mass is 372 g/mol. The van der Waals surface area contributed by atoms with E-state index in [2.05, 4.69) is 15.6 Å². The third kappa shape index (κ3) is 5.78. The Kier molecular flexibility index (Phi) is 7.61. The van der Waals surface area contributed by atoms with Crippen LogP contribution in [-0.2, 0) is 20.9 Å². The number of nitrogens with one attached hydrogen (secondary N) is 2. The van der Waals surface area contributed by atoms with Crippen molar-refractivity contribution >= 4 is 23.6 Å². The number of aryl methyl sites for hydroxylation is 1. The van der Waals surface area contributed by atoms with E-state index in [-0.39, 0.29) is 18.9 Å². The molecule has 0 fully saturated rings. The van der Waals surface area contributed by atoms with Gasteiger partial charge in [0.1, 0.15) is 24.8 Å². The first kappa shape index (κ1) is 21.0. The molecule has 0 aliphatic carbocycles. The molecule has 26 heavy (non-hydrogen) atoms. The fourth-order valence-corrected chi connectivity index (χ4v) is 2.14. The van der Waals surface area contributed by atoms with Crippen molar-refractivity contribution in [2.45, 2.75) is 32.0 Å². The van der Waals surface area contributed by atoms with Crippen LogP contribution in [0.3, 0.4) is 0 Å². The van der Waals surface area contributed by atoms with Crippen LogP contribution >= 0.6 is 0 Å². The molecule has 0 spiro atoms. The van der Waals surface area contributed by atoms with Crippen LogP contribution in [0, 0.1) is 17.0 Å². The first-order chi connectivity index (χ1) is 12.2. The molecule has 0 aliphatic rings. The Labute approximate surface area is 147 Å². The minimum atomic E-state index is -1.52. The third-order valence-corrected chi connectivity index (χ3v) is 3.47. The van der Waals surface area contributed by atoms with Crippen molar-refractivity contribution in [2.75, 3.05) is 13.2 Å². The number of amides is 2. The summed E-state index contributed by atoms with van der Waals surface area (Å²) in [5.74, 6) is -3.02. The molecule has 1 aromatic heterocycles. The first-order valence-corrected chi connectivity index (χ1v) is 7.49. The molecule has 13 nitrogen and oxygen atoms in total. The maximum Gasteiger partial charge on any atom is 0.342 e. The molecule has 0 bridgehead atoms. The van der Waals surface area contributed by atoms with E-state index in [4.69, 9.17) is 10.8 Å². The summed E-state index contributed by atoms with van der Waals surface area (Å²) >= 11 is 0. The van der Waals surface area contributed by atoms with Gasteiger partial charge in [-0.2, -0.15) is 0 Å². The van der Waals surface area contributed by atoms with Gasteiger partial charge in [0.2, 0.25) is 11.8 Å². The zero-order valence-electron chi connectivity index (χ0n) is 13.9. The predicted octanol–water partition coefficient (Wildman–Crippen LogP) is -2.50. The highest BCUT2D eigenvalue weighted by atomic mass is 16.6. The van der Waals surface area contributed by atoms with Gasteiger partial charge in [-0.1, -0.05) is 0 Å². The van der Waals surface area contributed by atoms with E-state index in [0.717, 1.165) is 6.20 Å².